The standard InChI is InChI=1S/C16H19N5O2/c1-11-4-2-6-17-14(11)16(22)20-8-12(9-20)21-10-18-19-15(21)13-5-3-7-23-13/h2,4,6,10,12-13H,3,5,7-9H2,1H3/t13-/m0/s1. The van der Waals surface area contributed by atoms with Crippen molar-refractivity contribution in [3.8, 4) is 0 Å². The van der Waals surface area contributed by atoms with Crippen LogP contribution >= 0.6 is 0 Å². The number of ether oxygens (including phenoxy) is 1. The van der Waals surface area contributed by atoms with Crippen LogP contribution < -0.4 is 0 Å². The fraction of sp³-hybridized carbons (Fsp3) is 0.500. The van der Waals surface area contributed by atoms with Gasteiger partial charge in [-0.2, -0.15) is 0 Å². The zero-order valence-corrected chi connectivity index (χ0v) is 13.1. The summed E-state index contributed by atoms with van der Waals surface area (Å²) in [5.74, 6) is 0.875. The summed E-state index contributed by atoms with van der Waals surface area (Å²) < 4.78 is 7.76. The van der Waals surface area contributed by atoms with Crippen LogP contribution in [0.3, 0.4) is 0 Å². The minimum atomic E-state index is -0.00825. The molecule has 2 fully saturated rings. The average Bonchev–Trinajstić information content (AvgIpc) is 3.16. The molecule has 0 aromatic carbocycles. The molecule has 120 valence electrons. The molecule has 0 unspecified atom stereocenters. The molecule has 0 radical (unpaired) electrons. The molecular formula is C16H19N5O2. The van der Waals surface area contributed by atoms with Crippen LogP contribution in [0.25, 0.3) is 0 Å². The van der Waals surface area contributed by atoms with E-state index in [0.717, 1.165) is 30.8 Å². The van der Waals surface area contributed by atoms with Gasteiger partial charge in [-0.1, -0.05) is 6.07 Å². The Morgan fingerprint density at radius 3 is 3.00 bits per heavy atom. The number of carbonyl (C=O) groups excluding carboxylic acids is 1. The van der Waals surface area contributed by atoms with E-state index >= 15 is 0 Å². The van der Waals surface area contributed by atoms with Gasteiger partial charge in [0.1, 0.15) is 18.1 Å². The molecule has 0 saturated carbocycles. The molecule has 2 aliphatic rings. The van der Waals surface area contributed by atoms with Crippen LogP contribution in [0.5, 0.6) is 0 Å². The second-order valence-corrected chi connectivity index (χ2v) is 6.13. The smallest absolute Gasteiger partial charge is 0.272 e. The fourth-order valence-corrected chi connectivity index (χ4v) is 3.20. The zero-order valence-electron chi connectivity index (χ0n) is 13.1. The first-order chi connectivity index (χ1) is 11.2. The van der Waals surface area contributed by atoms with Gasteiger partial charge in [0.2, 0.25) is 0 Å². The van der Waals surface area contributed by atoms with Gasteiger partial charge in [0.15, 0.2) is 5.82 Å². The van der Waals surface area contributed by atoms with Crippen molar-refractivity contribution in [3.05, 3.63) is 41.7 Å². The maximum absolute atomic E-state index is 12.5. The zero-order chi connectivity index (χ0) is 15.8. The first kappa shape index (κ1) is 14.3. The highest BCUT2D eigenvalue weighted by molar-refractivity contribution is 5.94. The van der Waals surface area contributed by atoms with E-state index in [9.17, 15) is 4.79 Å². The molecule has 2 aromatic heterocycles. The largest absolute Gasteiger partial charge is 0.370 e. The third-order valence-corrected chi connectivity index (χ3v) is 4.57. The highest BCUT2D eigenvalue weighted by Gasteiger charge is 2.36. The van der Waals surface area contributed by atoms with Gasteiger partial charge in [-0.3, -0.25) is 9.78 Å². The molecule has 4 rings (SSSR count). The van der Waals surface area contributed by atoms with E-state index in [4.69, 9.17) is 4.74 Å². The molecule has 7 heteroatoms. The van der Waals surface area contributed by atoms with Crippen LogP contribution in [-0.4, -0.2) is 50.3 Å². The lowest BCUT2D eigenvalue weighted by molar-refractivity contribution is 0.0477. The number of rotatable bonds is 3. The summed E-state index contributed by atoms with van der Waals surface area (Å²) in [6.07, 6.45) is 5.50. The summed E-state index contributed by atoms with van der Waals surface area (Å²) in [6.45, 7) is 4.01. The van der Waals surface area contributed by atoms with E-state index in [1.807, 2.05) is 24.0 Å². The lowest BCUT2D eigenvalue weighted by Crippen LogP contribution is -2.51. The molecule has 0 bridgehead atoms. The van der Waals surface area contributed by atoms with Crippen LogP contribution in [0.1, 0.15) is 46.9 Å². The van der Waals surface area contributed by atoms with Crippen molar-refractivity contribution < 1.29 is 9.53 Å². The SMILES string of the molecule is Cc1cccnc1C(=O)N1CC(n2cnnc2[C@@H]2CCCO2)C1. The fourth-order valence-electron chi connectivity index (χ4n) is 3.20. The number of hydrogen-bond donors (Lipinski definition) is 0. The van der Waals surface area contributed by atoms with Crippen molar-refractivity contribution in [2.24, 2.45) is 0 Å². The molecule has 2 aromatic rings. The van der Waals surface area contributed by atoms with Gasteiger partial charge in [0, 0.05) is 25.9 Å². The number of aromatic nitrogens is 4. The van der Waals surface area contributed by atoms with E-state index in [1.165, 1.54) is 0 Å². The van der Waals surface area contributed by atoms with E-state index < -0.39 is 0 Å². The third-order valence-electron chi connectivity index (χ3n) is 4.57. The van der Waals surface area contributed by atoms with Gasteiger partial charge in [-0.05, 0) is 31.4 Å². The maximum atomic E-state index is 12.5. The van der Waals surface area contributed by atoms with Gasteiger partial charge in [0.25, 0.3) is 5.91 Å². The van der Waals surface area contributed by atoms with Crippen LogP contribution in [0.4, 0.5) is 0 Å². The van der Waals surface area contributed by atoms with Gasteiger partial charge in [-0.15, -0.1) is 10.2 Å². The highest BCUT2D eigenvalue weighted by Crippen LogP contribution is 2.31. The average molecular weight is 313 g/mol. The number of aryl methyl sites for hydroxylation is 1. The lowest BCUT2D eigenvalue weighted by atomic mass is 10.1. The lowest BCUT2D eigenvalue weighted by Gasteiger charge is -2.40. The van der Waals surface area contributed by atoms with Crippen LogP contribution in [-0.2, 0) is 4.74 Å². The summed E-state index contributed by atoms with van der Waals surface area (Å²) in [5, 5.41) is 8.24. The molecule has 0 aliphatic carbocycles. The molecular weight excluding hydrogens is 294 g/mol. The molecule has 2 aliphatic heterocycles. The second kappa shape index (κ2) is 5.73. The topological polar surface area (TPSA) is 73.1 Å². The third kappa shape index (κ3) is 2.50. The van der Waals surface area contributed by atoms with Crippen molar-refractivity contribution >= 4 is 5.91 Å². The Hall–Kier alpha value is -2.28. The normalized spacial score (nSPS) is 21.4. The maximum Gasteiger partial charge on any atom is 0.272 e. The molecule has 1 atom stereocenters. The molecule has 4 heterocycles. The predicted molar refractivity (Wildman–Crippen MR) is 81.9 cm³/mol. The van der Waals surface area contributed by atoms with Crippen LogP contribution in [0.2, 0.25) is 0 Å². The summed E-state index contributed by atoms with van der Waals surface area (Å²) in [6, 6.07) is 3.97. The minimum absolute atomic E-state index is 0.00825. The minimum Gasteiger partial charge on any atom is -0.370 e. The van der Waals surface area contributed by atoms with Gasteiger partial charge in [-0.25, -0.2) is 0 Å². The van der Waals surface area contributed by atoms with Gasteiger partial charge < -0.3 is 14.2 Å². The predicted octanol–water partition coefficient (Wildman–Crippen LogP) is 1.53. The summed E-state index contributed by atoms with van der Waals surface area (Å²) in [4.78, 5) is 18.5. The molecule has 2 saturated heterocycles. The molecule has 0 N–H and O–H groups in total. The second-order valence-electron chi connectivity index (χ2n) is 6.13. The molecule has 0 spiro atoms. The quantitative estimate of drug-likeness (QED) is 0.859. The monoisotopic (exact) mass is 313 g/mol. The Balaban J connectivity index is 1.45. The van der Waals surface area contributed by atoms with Gasteiger partial charge in [0.05, 0.1) is 6.04 Å². The van der Waals surface area contributed by atoms with E-state index in [1.54, 1.807) is 12.5 Å². The summed E-state index contributed by atoms with van der Waals surface area (Å²) in [5.41, 5.74) is 1.44. The van der Waals surface area contributed by atoms with E-state index in [2.05, 4.69) is 19.7 Å². The van der Waals surface area contributed by atoms with Crippen LogP contribution in [0, 0.1) is 6.92 Å². The first-order valence-corrected chi connectivity index (χ1v) is 7.96. The van der Waals surface area contributed by atoms with Crippen LogP contribution in [0.15, 0.2) is 24.7 Å². The Bertz CT molecular complexity index is 717. The number of nitrogens with zero attached hydrogens (tertiary/aromatic N) is 5. The summed E-state index contributed by atoms with van der Waals surface area (Å²) in [7, 11) is 0. The number of hydrogen-bond acceptors (Lipinski definition) is 5. The number of likely N-dealkylation sites (tertiary alicyclic amines) is 1. The van der Waals surface area contributed by atoms with E-state index in [-0.39, 0.29) is 18.1 Å². The first-order valence-electron chi connectivity index (χ1n) is 7.96. The van der Waals surface area contributed by atoms with Crippen molar-refractivity contribution in [2.75, 3.05) is 19.7 Å². The number of carbonyl (C=O) groups is 1. The molecule has 1 amide bonds. The molecule has 23 heavy (non-hydrogen) atoms. The van der Waals surface area contributed by atoms with Crippen molar-refractivity contribution in [3.63, 3.8) is 0 Å². The Morgan fingerprint density at radius 2 is 2.26 bits per heavy atom. The van der Waals surface area contributed by atoms with Crippen molar-refractivity contribution in [1.82, 2.24) is 24.6 Å². The van der Waals surface area contributed by atoms with Crippen molar-refractivity contribution in [2.45, 2.75) is 31.9 Å². The Kier molecular flexibility index (Phi) is 3.57. The van der Waals surface area contributed by atoms with Gasteiger partial charge >= 0.3 is 0 Å². The Labute approximate surface area is 134 Å². The number of pyridine rings is 1. The molecule has 7 nitrogen and oxygen atoms in total. The van der Waals surface area contributed by atoms with Crippen molar-refractivity contribution in [1.29, 1.82) is 0 Å². The number of amides is 1. The Morgan fingerprint density at radius 1 is 1.39 bits per heavy atom. The highest BCUT2D eigenvalue weighted by atomic mass is 16.5. The summed E-state index contributed by atoms with van der Waals surface area (Å²) >= 11 is 0. The van der Waals surface area contributed by atoms with E-state index in [0.29, 0.717) is 18.8 Å².